The Balaban J connectivity index is 2.14. The number of amides is 1. The minimum absolute atomic E-state index is 0.181. The molecule has 0 aromatic rings. The molecule has 1 aliphatic heterocycles. The predicted molar refractivity (Wildman–Crippen MR) is 267 cm³/mol. The molecule has 7 atom stereocenters. The second-order valence-electron chi connectivity index (χ2n) is 17.9. The Morgan fingerprint density at radius 1 is 0.547 bits per heavy atom. The van der Waals surface area contributed by atoms with E-state index < -0.39 is 49.5 Å². The van der Waals surface area contributed by atoms with E-state index in [0.717, 1.165) is 70.6 Å². The summed E-state index contributed by atoms with van der Waals surface area (Å²) in [7, 11) is 0. The second kappa shape index (κ2) is 44.5. The summed E-state index contributed by atoms with van der Waals surface area (Å²) in [6.45, 7) is 3.63. The first kappa shape index (κ1) is 59.6. The number of carbonyl (C=O) groups is 1. The Labute approximate surface area is 391 Å². The lowest BCUT2D eigenvalue weighted by molar-refractivity contribution is -0.302. The number of allylic oxidation sites excluding steroid dienone is 11. The fourth-order valence-electron chi connectivity index (χ4n) is 7.89. The van der Waals surface area contributed by atoms with E-state index in [2.05, 4.69) is 79.9 Å². The maximum absolute atomic E-state index is 13.0. The van der Waals surface area contributed by atoms with Crippen molar-refractivity contribution >= 4 is 5.91 Å². The van der Waals surface area contributed by atoms with Crippen LogP contribution in [0.4, 0.5) is 0 Å². The predicted octanol–water partition coefficient (Wildman–Crippen LogP) is 12.1. The van der Waals surface area contributed by atoms with Crippen molar-refractivity contribution in [1.82, 2.24) is 5.32 Å². The standard InChI is InChI=1S/C55H97NO8/c1-3-5-7-9-11-13-15-16-17-18-19-20-21-22-23-24-25-26-27-28-29-30-31-32-33-34-35-37-39-41-43-45-51(59)56-48(47-63-55-54(62)53(61)52(60)50(46-57)64-55)49(58)44-42-40-38-36-14-12-10-8-6-4-2/h5,7,11,13,16-17,19-20,22-23,42,44,48-50,52-55,57-58,60-62H,3-4,6,8-10,12,14-15,18,21,24-41,43,45-47H2,1-2H3,(H,56,59)/b7-5-,13-11-,17-16-,20-19-,23-22-,44-42+. The Morgan fingerprint density at radius 2 is 0.969 bits per heavy atom. The summed E-state index contributed by atoms with van der Waals surface area (Å²) < 4.78 is 11.2. The zero-order chi connectivity index (χ0) is 46.6. The molecule has 1 amide bonds. The third-order valence-electron chi connectivity index (χ3n) is 12.0. The highest BCUT2D eigenvalue weighted by molar-refractivity contribution is 5.76. The number of ether oxygens (including phenoxy) is 2. The number of unbranched alkanes of at least 4 members (excludes halogenated alkanes) is 23. The molecule has 1 rings (SSSR count). The van der Waals surface area contributed by atoms with Crippen LogP contribution in [-0.2, 0) is 14.3 Å². The molecule has 1 heterocycles. The molecule has 0 aliphatic carbocycles. The van der Waals surface area contributed by atoms with Crippen molar-refractivity contribution in [3.05, 3.63) is 72.9 Å². The lowest BCUT2D eigenvalue weighted by atomic mass is 9.99. The van der Waals surface area contributed by atoms with E-state index in [1.807, 2.05) is 6.08 Å². The number of rotatable bonds is 43. The van der Waals surface area contributed by atoms with Crippen molar-refractivity contribution in [3.8, 4) is 0 Å². The molecule has 1 fully saturated rings. The molecule has 0 radical (unpaired) electrons. The minimum atomic E-state index is -1.57. The van der Waals surface area contributed by atoms with Gasteiger partial charge in [-0.1, -0.05) is 215 Å². The molecule has 0 saturated carbocycles. The molecule has 1 aliphatic rings. The molecule has 1 saturated heterocycles. The van der Waals surface area contributed by atoms with Gasteiger partial charge < -0.3 is 40.3 Å². The van der Waals surface area contributed by atoms with Gasteiger partial charge in [-0.05, 0) is 64.2 Å². The topological polar surface area (TPSA) is 149 Å². The van der Waals surface area contributed by atoms with Gasteiger partial charge in [0.15, 0.2) is 6.29 Å². The molecule has 7 unspecified atom stereocenters. The van der Waals surface area contributed by atoms with Gasteiger partial charge in [-0.25, -0.2) is 0 Å². The van der Waals surface area contributed by atoms with Gasteiger partial charge in [0.25, 0.3) is 0 Å². The van der Waals surface area contributed by atoms with Crippen molar-refractivity contribution in [3.63, 3.8) is 0 Å². The van der Waals surface area contributed by atoms with Crippen molar-refractivity contribution in [1.29, 1.82) is 0 Å². The first-order valence-corrected chi connectivity index (χ1v) is 26.2. The summed E-state index contributed by atoms with van der Waals surface area (Å²) in [5.74, 6) is -0.181. The van der Waals surface area contributed by atoms with Crippen molar-refractivity contribution < 1.29 is 39.8 Å². The number of carbonyl (C=O) groups excluding carboxylic acids is 1. The molecule has 9 nitrogen and oxygen atoms in total. The van der Waals surface area contributed by atoms with Crippen LogP contribution in [0, 0.1) is 0 Å². The number of aliphatic hydroxyl groups excluding tert-OH is 5. The summed E-state index contributed by atoms with van der Waals surface area (Å²) >= 11 is 0. The zero-order valence-corrected chi connectivity index (χ0v) is 40.8. The summed E-state index contributed by atoms with van der Waals surface area (Å²) in [5.41, 5.74) is 0. The fourth-order valence-corrected chi connectivity index (χ4v) is 7.89. The highest BCUT2D eigenvalue weighted by atomic mass is 16.7. The van der Waals surface area contributed by atoms with Crippen LogP contribution >= 0.6 is 0 Å². The van der Waals surface area contributed by atoms with Gasteiger partial charge in [-0.15, -0.1) is 0 Å². The monoisotopic (exact) mass is 900 g/mol. The normalized spacial score (nSPS) is 20.6. The summed E-state index contributed by atoms with van der Waals surface area (Å²) in [6, 6.07) is -0.805. The summed E-state index contributed by atoms with van der Waals surface area (Å²) in [6.07, 6.45) is 54.0. The first-order chi connectivity index (χ1) is 31.3. The largest absolute Gasteiger partial charge is 0.394 e. The molecule has 64 heavy (non-hydrogen) atoms. The summed E-state index contributed by atoms with van der Waals surface area (Å²) in [4.78, 5) is 13.0. The molecule has 6 N–H and O–H groups in total. The number of nitrogens with one attached hydrogen (secondary N) is 1. The lowest BCUT2D eigenvalue weighted by Gasteiger charge is -2.40. The van der Waals surface area contributed by atoms with Crippen LogP contribution in [0.3, 0.4) is 0 Å². The Bertz CT molecular complexity index is 1230. The van der Waals surface area contributed by atoms with Crippen LogP contribution in [0.1, 0.15) is 213 Å². The second-order valence-corrected chi connectivity index (χ2v) is 17.9. The van der Waals surface area contributed by atoms with Gasteiger partial charge >= 0.3 is 0 Å². The molecule has 0 bridgehead atoms. The molecule has 0 aromatic carbocycles. The smallest absolute Gasteiger partial charge is 0.220 e. The quantitative estimate of drug-likeness (QED) is 0.0262. The van der Waals surface area contributed by atoms with Gasteiger partial charge in [0.05, 0.1) is 25.4 Å². The van der Waals surface area contributed by atoms with Crippen LogP contribution < -0.4 is 5.32 Å². The zero-order valence-electron chi connectivity index (χ0n) is 40.8. The number of hydrogen-bond donors (Lipinski definition) is 6. The van der Waals surface area contributed by atoms with Gasteiger partial charge in [-0.2, -0.15) is 0 Å². The Morgan fingerprint density at radius 3 is 1.44 bits per heavy atom. The molecular weight excluding hydrogens is 803 g/mol. The van der Waals surface area contributed by atoms with Gasteiger partial charge in [-0.3, -0.25) is 4.79 Å². The lowest BCUT2D eigenvalue weighted by Crippen LogP contribution is -2.60. The first-order valence-electron chi connectivity index (χ1n) is 26.2. The SMILES string of the molecule is CC/C=C\C/C=C\C/C=C\C/C=C\C/C=C\CCCCCCCCCCCCCCCCCC(=O)NC(COC1OC(CO)C(O)C(O)C1O)C(O)/C=C/CCCCCCCCCC. The van der Waals surface area contributed by atoms with Crippen LogP contribution in [0.5, 0.6) is 0 Å². The molecule has 370 valence electrons. The third kappa shape index (κ3) is 34.0. The molecule has 0 aromatic heterocycles. The highest BCUT2D eigenvalue weighted by Gasteiger charge is 2.44. The van der Waals surface area contributed by atoms with E-state index in [9.17, 15) is 30.3 Å². The summed E-state index contributed by atoms with van der Waals surface area (Å²) in [5, 5.41) is 54.2. The Hall–Kier alpha value is -2.37. The van der Waals surface area contributed by atoms with E-state index in [1.54, 1.807) is 6.08 Å². The van der Waals surface area contributed by atoms with E-state index in [4.69, 9.17) is 9.47 Å². The van der Waals surface area contributed by atoms with Crippen molar-refractivity contribution in [2.45, 2.75) is 256 Å². The third-order valence-corrected chi connectivity index (χ3v) is 12.0. The van der Waals surface area contributed by atoms with Crippen LogP contribution in [0.2, 0.25) is 0 Å². The van der Waals surface area contributed by atoms with Crippen LogP contribution in [0.25, 0.3) is 0 Å². The van der Waals surface area contributed by atoms with E-state index in [-0.39, 0.29) is 12.5 Å². The molecular formula is C55H97NO8. The van der Waals surface area contributed by atoms with Crippen molar-refractivity contribution in [2.75, 3.05) is 13.2 Å². The van der Waals surface area contributed by atoms with Crippen molar-refractivity contribution in [2.24, 2.45) is 0 Å². The average Bonchev–Trinajstić information content (AvgIpc) is 3.29. The molecule has 9 heteroatoms. The molecule has 0 spiro atoms. The van der Waals surface area contributed by atoms with Gasteiger partial charge in [0.2, 0.25) is 5.91 Å². The van der Waals surface area contributed by atoms with Crippen LogP contribution in [0.15, 0.2) is 72.9 Å². The average molecular weight is 900 g/mol. The maximum atomic E-state index is 13.0. The fraction of sp³-hybridized carbons (Fsp3) is 0.764. The minimum Gasteiger partial charge on any atom is -0.394 e. The van der Waals surface area contributed by atoms with Crippen LogP contribution in [-0.4, -0.2) is 87.5 Å². The van der Waals surface area contributed by atoms with E-state index in [0.29, 0.717) is 6.42 Å². The number of aliphatic hydroxyl groups is 5. The van der Waals surface area contributed by atoms with E-state index in [1.165, 1.54) is 122 Å². The van der Waals surface area contributed by atoms with Gasteiger partial charge in [0, 0.05) is 6.42 Å². The number of hydrogen-bond acceptors (Lipinski definition) is 8. The highest BCUT2D eigenvalue weighted by Crippen LogP contribution is 2.23. The van der Waals surface area contributed by atoms with E-state index >= 15 is 0 Å². The Kier molecular flexibility index (Phi) is 41.4. The maximum Gasteiger partial charge on any atom is 0.220 e. The van der Waals surface area contributed by atoms with Gasteiger partial charge in [0.1, 0.15) is 24.4 Å².